The SMILES string of the molecule is CCCCCC(C)OC(=O)O. The van der Waals surface area contributed by atoms with Gasteiger partial charge in [0.1, 0.15) is 6.10 Å². The van der Waals surface area contributed by atoms with E-state index in [0.717, 1.165) is 25.7 Å². The average molecular weight is 160 g/mol. The van der Waals surface area contributed by atoms with Gasteiger partial charge in [-0.1, -0.05) is 19.8 Å². The fourth-order valence-electron chi connectivity index (χ4n) is 0.913. The van der Waals surface area contributed by atoms with Crippen LogP contribution in [-0.4, -0.2) is 17.4 Å². The molecule has 11 heavy (non-hydrogen) atoms. The van der Waals surface area contributed by atoms with Gasteiger partial charge >= 0.3 is 6.16 Å². The van der Waals surface area contributed by atoms with Crippen LogP contribution >= 0.6 is 0 Å². The molecule has 0 rings (SSSR count). The normalized spacial score (nSPS) is 12.5. The predicted octanol–water partition coefficient (Wildman–Crippen LogP) is 2.65. The van der Waals surface area contributed by atoms with E-state index in [1.54, 1.807) is 6.92 Å². The molecule has 0 bridgehead atoms. The van der Waals surface area contributed by atoms with Gasteiger partial charge in [0.25, 0.3) is 0 Å². The Morgan fingerprint density at radius 3 is 2.64 bits per heavy atom. The second kappa shape index (κ2) is 6.01. The number of carbonyl (C=O) groups is 1. The molecule has 1 N–H and O–H groups in total. The first-order valence-electron chi connectivity index (χ1n) is 4.06. The molecule has 0 radical (unpaired) electrons. The molecule has 1 unspecified atom stereocenters. The van der Waals surface area contributed by atoms with E-state index in [1.807, 2.05) is 0 Å². The molecular weight excluding hydrogens is 144 g/mol. The number of carboxylic acid groups (broad SMARTS) is 1. The minimum atomic E-state index is -1.17. The summed E-state index contributed by atoms with van der Waals surface area (Å²) in [6, 6.07) is 0. The van der Waals surface area contributed by atoms with Crippen molar-refractivity contribution in [2.75, 3.05) is 0 Å². The highest BCUT2D eigenvalue weighted by molar-refractivity contribution is 5.56. The summed E-state index contributed by atoms with van der Waals surface area (Å²) in [5.41, 5.74) is 0. The maximum absolute atomic E-state index is 10.0. The monoisotopic (exact) mass is 160 g/mol. The van der Waals surface area contributed by atoms with Crippen LogP contribution in [0.4, 0.5) is 4.79 Å². The zero-order valence-corrected chi connectivity index (χ0v) is 7.17. The Morgan fingerprint density at radius 1 is 1.55 bits per heavy atom. The third kappa shape index (κ3) is 7.16. The van der Waals surface area contributed by atoms with Gasteiger partial charge in [-0.15, -0.1) is 0 Å². The van der Waals surface area contributed by atoms with Crippen molar-refractivity contribution >= 4 is 6.16 Å². The first-order valence-corrected chi connectivity index (χ1v) is 4.06. The lowest BCUT2D eigenvalue weighted by molar-refractivity contribution is 0.0548. The molecule has 0 aliphatic carbocycles. The van der Waals surface area contributed by atoms with Crippen LogP contribution in [0.25, 0.3) is 0 Å². The van der Waals surface area contributed by atoms with Crippen LogP contribution in [0.3, 0.4) is 0 Å². The van der Waals surface area contributed by atoms with Gasteiger partial charge in [0.15, 0.2) is 0 Å². The molecule has 3 nitrogen and oxygen atoms in total. The summed E-state index contributed by atoms with van der Waals surface area (Å²) >= 11 is 0. The van der Waals surface area contributed by atoms with Gasteiger partial charge < -0.3 is 9.84 Å². The number of rotatable bonds is 5. The highest BCUT2D eigenvalue weighted by atomic mass is 16.7. The molecule has 0 heterocycles. The summed E-state index contributed by atoms with van der Waals surface area (Å²) in [5, 5.41) is 8.22. The molecule has 3 heteroatoms. The third-order valence-electron chi connectivity index (χ3n) is 1.52. The van der Waals surface area contributed by atoms with Gasteiger partial charge in [0.05, 0.1) is 0 Å². The van der Waals surface area contributed by atoms with E-state index in [1.165, 1.54) is 0 Å². The molecule has 0 aromatic heterocycles. The van der Waals surface area contributed by atoms with Crippen molar-refractivity contribution in [3.05, 3.63) is 0 Å². The Kier molecular flexibility index (Phi) is 5.61. The Bertz CT molecular complexity index is 112. The van der Waals surface area contributed by atoms with Crippen LogP contribution < -0.4 is 0 Å². The van der Waals surface area contributed by atoms with Crippen LogP contribution in [0.1, 0.15) is 39.5 Å². The minimum Gasteiger partial charge on any atom is -0.450 e. The van der Waals surface area contributed by atoms with E-state index in [0.29, 0.717) is 0 Å². The largest absolute Gasteiger partial charge is 0.506 e. The molecule has 0 fully saturated rings. The van der Waals surface area contributed by atoms with Gasteiger partial charge in [-0.25, -0.2) is 4.79 Å². The van der Waals surface area contributed by atoms with Gasteiger partial charge in [-0.2, -0.15) is 0 Å². The van der Waals surface area contributed by atoms with Crippen LogP contribution in [-0.2, 0) is 4.74 Å². The lowest BCUT2D eigenvalue weighted by atomic mass is 10.1. The van der Waals surface area contributed by atoms with E-state index in [2.05, 4.69) is 11.7 Å². The quantitative estimate of drug-likeness (QED) is 0.496. The predicted molar refractivity (Wildman–Crippen MR) is 42.7 cm³/mol. The lowest BCUT2D eigenvalue weighted by Crippen LogP contribution is -2.12. The van der Waals surface area contributed by atoms with Gasteiger partial charge in [-0.3, -0.25) is 0 Å². The minimum absolute atomic E-state index is 0.154. The van der Waals surface area contributed by atoms with Crippen molar-refractivity contribution < 1.29 is 14.6 Å². The third-order valence-corrected chi connectivity index (χ3v) is 1.52. The molecule has 66 valence electrons. The van der Waals surface area contributed by atoms with Crippen LogP contribution in [0.5, 0.6) is 0 Å². The summed E-state index contributed by atoms with van der Waals surface area (Å²) in [5.74, 6) is 0. The number of unbranched alkanes of at least 4 members (excludes halogenated alkanes) is 2. The molecule has 0 amide bonds. The van der Waals surface area contributed by atoms with Crippen LogP contribution in [0.2, 0.25) is 0 Å². The summed E-state index contributed by atoms with van der Waals surface area (Å²) in [4.78, 5) is 10.0. The maximum Gasteiger partial charge on any atom is 0.506 e. The molecule has 0 saturated carbocycles. The Labute approximate surface area is 67.4 Å². The van der Waals surface area contributed by atoms with Crippen molar-refractivity contribution in [3.63, 3.8) is 0 Å². The first-order chi connectivity index (χ1) is 5.16. The zero-order chi connectivity index (χ0) is 8.69. The second-order valence-electron chi connectivity index (χ2n) is 2.69. The van der Waals surface area contributed by atoms with E-state index in [9.17, 15) is 4.79 Å². The molecular formula is C8H16O3. The molecule has 1 atom stereocenters. The van der Waals surface area contributed by atoms with Crippen molar-refractivity contribution in [2.24, 2.45) is 0 Å². The summed E-state index contributed by atoms with van der Waals surface area (Å²) in [7, 11) is 0. The van der Waals surface area contributed by atoms with Crippen molar-refractivity contribution in [1.29, 1.82) is 0 Å². The van der Waals surface area contributed by atoms with E-state index in [4.69, 9.17) is 5.11 Å². The van der Waals surface area contributed by atoms with E-state index < -0.39 is 6.16 Å². The highest BCUT2D eigenvalue weighted by Gasteiger charge is 2.05. The summed E-state index contributed by atoms with van der Waals surface area (Å²) < 4.78 is 4.51. The zero-order valence-electron chi connectivity index (χ0n) is 7.17. The molecule has 0 aliphatic rings. The van der Waals surface area contributed by atoms with Crippen molar-refractivity contribution in [2.45, 2.75) is 45.6 Å². The van der Waals surface area contributed by atoms with Crippen LogP contribution in [0, 0.1) is 0 Å². The van der Waals surface area contributed by atoms with Gasteiger partial charge in [0.2, 0.25) is 0 Å². The summed E-state index contributed by atoms with van der Waals surface area (Å²) in [6.07, 6.45) is 2.85. The number of ether oxygens (including phenoxy) is 1. The average Bonchev–Trinajstić information content (AvgIpc) is 1.86. The highest BCUT2D eigenvalue weighted by Crippen LogP contribution is 2.05. The number of hydrogen-bond acceptors (Lipinski definition) is 2. The van der Waals surface area contributed by atoms with Gasteiger partial charge in [-0.05, 0) is 19.8 Å². The topological polar surface area (TPSA) is 46.5 Å². The molecule has 0 saturated heterocycles. The second-order valence-corrected chi connectivity index (χ2v) is 2.69. The van der Waals surface area contributed by atoms with Crippen molar-refractivity contribution in [1.82, 2.24) is 0 Å². The summed E-state index contributed by atoms with van der Waals surface area (Å²) in [6.45, 7) is 3.90. The van der Waals surface area contributed by atoms with Crippen LogP contribution in [0.15, 0.2) is 0 Å². The van der Waals surface area contributed by atoms with E-state index in [-0.39, 0.29) is 6.10 Å². The molecule has 0 aliphatic heterocycles. The standard InChI is InChI=1S/C8H16O3/c1-3-4-5-6-7(2)11-8(9)10/h7H,3-6H2,1-2H3,(H,9,10). The Morgan fingerprint density at radius 2 is 2.18 bits per heavy atom. The Balaban J connectivity index is 3.22. The lowest BCUT2D eigenvalue weighted by Gasteiger charge is -2.08. The maximum atomic E-state index is 10.0. The molecule has 0 spiro atoms. The Hall–Kier alpha value is -0.730. The first kappa shape index (κ1) is 10.3. The van der Waals surface area contributed by atoms with E-state index >= 15 is 0 Å². The molecule has 0 aromatic rings. The molecule has 0 aromatic carbocycles. The fourth-order valence-corrected chi connectivity index (χ4v) is 0.913. The smallest absolute Gasteiger partial charge is 0.450 e. The van der Waals surface area contributed by atoms with Crippen molar-refractivity contribution in [3.8, 4) is 0 Å². The van der Waals surface area contributed by atoms with Gasteiger partial charge in [0, 0.05) is 0 Å². The number of hydrogen-bond donors (Lipinski definition) is 1. The fraction of sp³-hybridized carbons (Fsp3) is 0.875.